The summed E-state index contributed by atoms with van der Waals surface area (Å²) in [4.78, 5) is 34.9. The standard InChI is InChI=1S/C33H39F3N2O7/c1-20(18-38(29(39)43-31(4,5)6)45-30(40)44-32(7,8)9)21(2)24-11-10-12-26(17-24)41-19-27-22(3)42-28(37-27)23-13-15-25(16-14-23)33(34,35)36/h10-17H,18-19H2,1-9H3/b21-20-. The lowest BCUT2D eigenvalue weighted by atomic mass is 10.0. The number of hydrogen-bond acceptors (Lipinski definition) is 8. The van der Waals surface area contributed by atoms with Crippen molar-refractivity contribution in [2.45, 2.75) is 86.3 Å². The first-order chi connectivity index (χ1) is 20.7. The van der Waals surface area contributed by atoms with Gasteiger partial charge in [-0.1, -0.05) is 12.1 Å². The Morgan fingerprint density at radius 3 is 2.11 bits per heavy atom. The van der Waals surface area contributed by atoms with E-state index in [9.17, 15) is 22.8 Å². The van der Waals surface area contributed by atoms with E-state index in [0.717, 1.165) is 28.3 Å². The highest BCUT2D eigenvalue weighted by Crippen LogP contribution is 2.31. The zero-order chi connectivity index (χ0) is 33.7. The lowest BCUT2D eigenvalue weighted by Crippen LogP contribution is -2.40. The molecule has 244 valence electrons. The molecule has 3 aromatic rings. The molecule has 1 heterocycles. The van der Waals surface area contributed by atoms with Crippen LogP contribution in [0, 0.1) is 6.92 Å². The van der Waals surface area contributed by atoms with E-state index < -0.39 is 35.2 Å². The number of hydrogen-bond donors (Lipinski definition) is 0. The van der Waals surface area contributed by atoms with Gasteiger partial charge in [0.05, 0.1) is 12.1 Å². The van der Waals surface area contributed by atoms with Gasteiger partial charge in [-0.05, 0) is 115 Å². The van der Waals surface area contributed by atoms with Crippen LogP contribution in [0.15, 0.2) is 58.5 Å². The maximum absolute atomic E-state index is 12.9. The molecule has 0 atom stereocenters. The van der Waals surface area contributed by atoms with Crippen molar-refractivity contribution in [2.75, 3.05) is 6.54 Å². The summed E-state index contributed by atoms with van der Waals surface area (Å²) >= 11 is 0. The molecule has 0 saturated carbocycles. The average Bonchev–Trinajstić information content (AvgIpc) is 3.29. The average molecular weight is 633 g/mol. The van der Waals surface area contributed by atoms with Crippen LogP contribution in [0.1, 0.15) is 78.0 Å². The number of nitrogens with zero attached hydrogens (tertiary/aromatic N) is 2. The molecule has 0 unspecified atom stereocenters. The number of carbonyl (C=O) groups excluding carboxylic acids is 2. The zero-order valence-corrected chi connectivity index (χ0v) is 26.9. The van der Waals surface area contributed by atoms with Crippen molar-refractivity contribution in [3.63, 3.8) is 0 Å². The van der Waals surface area contributed by atoms with Crippen LogP contribution < -0.4 is 4.74 Å². The molecular weight excluding hydrogens is 593 g/mol. The van der Waals surface area contributed by atoms with Crippen LogP contribution in [0.5, 0.6) is 5.75 Å². The van der Waals surface area contributed by atoms with E-state index in [1.54, 1.807) is 73.6 Å². The van der Waals surface area contributed by atoms with Gasteiger partial charge in [0.2, 0.25) is 5.89 Å². The maximum atomic E-state index is 12.9. The Bertz CT molecular complexity index is 1530. The third kappa shape index (κ3) is 10.6. The molecule has 0 N–H and O–H groups in total. The summed E-state index contributed by atoms with van der Waals surface area (Å²) in [5.74, 6) is 1.18. The normalized spacial score (nSPS) is 12.7. The molecule has 1 amide bonds. The van der Waals surface area contributed by atoms with Gasteiger partial charge < -0.3 is 18.6 Å². The Labute approximate surface area is 260 Å². The van der Waals surface area contributed by atoms with Crippen molar-refractivity contribution >= 4 is 17.8 Å². The molecule has 3 rings (SSSR count). The van der Waals surface area contributed by atoms with Gasteiger partial charge in [0.15, 0.2) is 0 Å². The first-order valence-corrected chi connectivity index (χ1v) is 14.2. The number of aryl methyl sites for hydroxylation is 1. The minimum Gasteiger partial charge on any atom is -0.487 e. The van der Waals surface area contributed by atoms with Gasteiger partial charge in [-0.15, -0.1) is 5.06 Å². The molecule has 0 saturated heterocycles. The number of hydroxylamine groups is 2. The number of ether oxygens (including phenoxy) is 3. The van der Waals surface area contributed by atoms with Gasteiger partial charge >= 0.3 is 18.4 Å². The van der Waals surface area contributed by atoms with Gasteiger partial charge in [0.25, 0.3) is 0 Å². The predicted molar refractivity (Wildman–Crippen MR) is 161 cm³/mol. The lowest BCUT2D eigenvalue weighted by Gasteiger charge is -2.27. The summed E-state index contributed by atoms with van der Waals surface area (Å²) in [6, 6.07) is 11.8. The third-order valence-corrected chi connectivity index (χ3v) is 6.19. The van der Waals surface area contributed by atoms with E-state index in [1.807, 2.05) is 13.0 Å². The van der Waals surface area contributed by atoms with Gasteiger partial charge in [0, 0.05) is 5.56 Å². The maximum Gasteiger partial charge on any atom is 0.534 e. The highest BCUT2D eigenvalue weighted by molar-refractivity contribution is 5.72. The zero-order valence-electron chi connectivity index (χ0n) is 26.9. The summed E-state index contributed by atoms with van der Waals surface area (Å²) in [6.45, 7) is 15.4. The molecule has 0 radical (unpaired) electrons. The largest absolute Gasteiger partial charge is 0.534 e. The van der Waals surface area contributed by atoms with Crippen molar-refractivity contribution in [3.8, 4) is 17.2 Å². The quantitative estimate of drug-likeness (QED) is 0.188. The highest BCUT2D eigenvalue weighted by atomic mass is 19.4. The number of aromatic nitrogens is 1. The van der Waals surface area contributed by atoms with Crippen molar-refractivity contribution in [1.29, 1.82) is 0 Å². The number of benzene rings is 2. The van der Waals surface area contributed by atoms with Gasteiger partial charge in [0.1, 0.15) is 35.0 Å². The minimum atomic E-state index is -4.43. The molecule has 0 aliphatic carbocycles. The van der Waals surface area contributed by atoms with Gasteiger partial charge in [-0.25, -0.2) is 14.6 Å². The third-order valence-electron chi connectivity index (χ3n) is 6.19. The number of halogens is 3. The molecule has 0 bridgehead atoms. The Balaban J connectivity index is 1.75. The van der Waals surface area contributed by atoms with Crippen LogP contribution in [0.3, 0.4) is 0 Å². The van der Waals surface area contributed by atoms with Crippen molar-refractivity contribution in [3.05, 3.63) is 76.7 Å². The number of alkyl halides is 3. The van der Waals surface area contributed by atoms with E-state index in [-0.39, 0.29) is 19.0 Å². The van der Waals surface area contributed by atoms with Crippen LogP contribution in [-0.2, 0) is 27.1 Å². The number of allylic oxidation sites excluding steroid dienone is 1. The second-order valence-corrected chi connectivity index (χ2v) is 12.4. The molecule has 0 spiro atoms. The second-order valence-electron chi connectivity index (χ2n) is 12.4. The van der Waals surface area contributed by atoms with E-state index in [1.165, 1.54) is 12.1 Å². The molecular formula is C33H39F3N2O7. The summed E-state index contributed by atoms with van der Waals surface area (Å²) in [5.41, 5.74) is 0.772. The molecule has 1 aromatic heterocycles. The number of amides is 1. The van der Waals surface area contributed by atoms with Crippen molar-refractivity contribution in [2.24, 2.45) is 0 Å². The van der Waals surface area contributed by atoms with Gasteiger partial charge in [-0.3, -0.25) is 4.84 Å². The highest BCUT2D eigenvalue weighted by Gasteiger charge is 2.31. The van der Waals surface area contributed by atoms with Crippen LogP contribution in [0.4, 0.5) is 22.8 Å². The van der Waals surface area contributed by atoms with Crippen molar-refractivity contribution in [1.82, 2.24) is 10.0 Å². The van der Waals surface area contributed by atoms with E-state index in [4.69, 9.17) is 23.5 Å². The first-order valence-electron chi connectivity index (χ1n) is 14.2. The molecule has 0 fully saturated rings. The Hall–Kier alpha value is -4.48. The van der Waals surface area contributed by atoms with E-state index >= 15 is 0 Å². The monoisotopic (exact) mass is 632 g/mol. The molecule has 9 nitrogen and oxygen atoms in total. The Kier molecular flexibility index (Phi) is 10.6. The Morgan fingerprint density at radius 1 is 0.911 bits per heavy atom. The molecule has 0 aliphatic rings. The summed E-state index contributed by atoms with van der Waals surface area (Å²) in [6.07, 6.45) is -6.33. The van der Waals surface area contributed by atoms with Crippen LogP contribution in [0.2, 0.25) is 0 Å². The van der Waals surface area contributed by atoms with E-state index in [0.29, 0.717) is 28.3 Å². The summed E-state index contributed by atoms with van der Waals surface area (Å²) in [7, 11) is 0. The minimum absolute atomic E-state index is 0.0529. The van der Waals surface area contributed by atoms with E-state index in [2.05, 4.69) is 4.98 Å². The Morgan fingerprint density at radius 2 is 1.53 bits per heavy atom. The first kappa shape index (κ1) is 35.0. The van der Waals surface area contributed by atoms with Crippen molar-refractivity contribution < 1.29 is 46.2 Å². The fraction of sp³-hybridized carbons (Fsp3) is 0.424. The number of rotatable bonds is 7. The van der Waals surface area contributed by atoms with Crippen LogP contribution >= 0.6 is 0 Å². The molecule has 2 aromatic carbocycles. The smallest absolute Gasteiger partial charge is 0.487 e. The molecule has 45 heavy (non-hydrogen) atoms. The predicted octanol–water partition coefficient (Wildman–Crippen LogP) is 9.15. The summed E-state index contributed by atoms with van der Waals surface area (Å²) in [5, 5.41) is 0.820. The summed E-state index contributed by atoms with van der Waals surface area (Å²) < 4.78 is 61.0. The number of carbonyl (C=O) groups is 2. The molecule has 12 heteroatoms. The fourth-order valence-corrected chi connectivity index (χ4v) is 3.84. The fourth-order valence-electron chi connectivity index (χ4n) is 3.84. The van der Waals surface area contributed by atoms with Crippen LogP contribution in [0.25, 0.3) is 17.0 Å². The molecule has 0 aliphatic heterocycles. The SMILES string of the molecule is C/C(CN(OC(=O)OC(C)(C)C)C(=O)OC(C)(C)C)=C(\C)c1cccc(OCc2nc(-c3ccc(C(F)(F)F)cc3)oc2C)c1. The topological polar surface area (TPSA) is 100 Å². The number of oxazole rings is 1. The second kappa shape index (κ2) is 13.7. The van der Waals surface area contributed by atoms with Gasteiger partial charge in [-0.2, -0.15) is 13.2 Å². The van der Waals surface area contributed by atoms with Crippen LogP contribution in [-0.4, -0.2) is 40.0 Å². The lowest BCUT2D eigenvalue weighted by molar-refractivity contribution is -0.137.